The molecular formula is C24H18N2. The lowest BCUT2D eigenvalue weighted by Crippen LogP contribution is -2.28. The Labute approximate surface area is 152 Å². The second-order valence-corrected chi connectivity index (χ2v) is 7.09. The van der Waals surface area contributed by atoms with E-state index >= 15 is 0 Å². The van der Waals surface area contributed by atoms with E-state index in [-0.39, 0.29) is 0 Å². The van der Waals surface area contributed by atoms with Gasteiger partial charge in [0.25, 0.3) is 0 Å². The molecule has 3 aromatic carbocycles. The monoisotopic (exact) mass is 334 g/mol. The van der Waals surface area contributed by atoms with Crippen molar-refractivity contribution in [3.05, 3.63) is 96.6 Å². The Morgan fingerprint density at radius 1 is 0.692 bits per heavy atom. The number of fused-ring (bicyclic) bond motifs is 6. The fraction of sp³-hybridized carbons (Fsp3) is 0.0833. The normalized spacial score (nSPS) is 20.7. The van der Waals surface area contributed by atoms with Gasteiger partial charge in [-0.2, -0.15) is 0 Å². The van der Waals surface area contributed by atoms with Gasteiger partial charge in [0.2, 0.25) is 0 Å². The van der Waals surface area contributed by atoms with Crippen LogP contribution >= 0.6 is 0 Å². The van der Waals surface area contributed by atoms with Crippen LogP contribution in [0.4, 0.5) is 11.4 Å². The van der Waals surface area contributed by atoms with E-state index in [4.69, 9.17) is 0 Å². The third-order valence-electron chi connectivity index (χ3n) is 5.73. The van der Waals surface area contributed by atoms with Crippen LogP contribution in [0.1, 0.15) is 11.5 Å². The second-order valence-electron chi connectivity index (χ2n) is 7.09. The first-order valence-electron chi connectivity index (χ1n) is 9.14. The third kappa shape index (κ3) is 1.76. The summed E-state index contributed by atoms with van der Waals surface area (Å²) in [7, 11) is 0. The van der Waals surface area contributed by atoms with Crippen molar-refractivity contribution in [2.75, 3.05) is 4.90 Å². The maximum Gasteiger partial charge on any atom is 0.0629 e. The summed E-state index contributed by atoms with van der Waals surface area (Å²) >= 11 is 0. The fourth-order valence-electron chi connectivity index (χ4n) is 4.65. The topological polar surface area (TPSA) is 19.0 Å². The van der Waals surface area contributed by atoms with Crippen LogP contribution in [-0.4, -0.2) is 11.0 Å². The quantitative estimate of drug-likeness (QED) is 0.449. The minimum absolute atomic E-state index is 0.330. The lowest BCUT2D eigenvalue weighted by molar-refractivity contribution is 0.746. The Balaban J connectivity index is 1.68. The zero-order chi connectivity index (χ0) is 17.1. The van der Waals surface area contributed by atoms with Gasteiger partial charge in [0.1, 0.15) is 0 Å². The van der Waals surface area contributed by atoms with Gasteiger partial charge in [0.05, 0.1) is 11.7 Å². The highest BCUT2D eigenvalue weighted by molar-refractivity contribution is 6.14. The predicted octanol–water partition coefficient (Wildman–Crippen LogP) is 6.05. The van der Waals surface area contributed by atoms with Crippen molar-refractivity contribution in [1.29, 1.82) is 0 Å². The van der Waals surface area contributed by atoms with E-state index in [1.807, 2.05) is 0 Å². The van der Waals surface area contributed by atoms with Gasteiger partial charge in [-0.1, -0.05) is 66.8 Å². The number of nitrogens with zero attached hydrogens (tertiary/aromatic N) is 1. The molecule has 1 N–H and O–H groups in total. The number of aromatic nitrogens is 1. The second kappa shape index (κ2) is 5.12. The van der Waals surface area contributed by atoms with Gasteiger partial charge in [-0.3, -0.25) is 0 Å². The maximum atomic E-state index is 3.58. The number of H-pyrrole nitrogens is 1. The summed E-state index contributed by atoms with van der Waals surface area (Å²) in [6.07, 6.45) is 9.01. The molecule has 1 aliphatic carbocycles. The van der Waals surface area contributed by atoms with E-state index in [2.05, 4.69) is 101 Å². The van der Waals surface area contributed by atoms with Crippen LogP contribution in [0.15, 0.2) is 91.0 Å². The minimum Gasteiger partial charge on any atom is -0.354 e. The molecule has 1 aromatic heterocycles. The van der Waals surface area contributed by atoms with Crippen molar-refractivity contribution in [2.45, 2.75) is 12.0 Å². The SMILES string of the molecule is C1=CC2c3ccccc3N(c3cccc4[nH]c5ccccc5c34)C2C=C1. The van der Waals surface area contributed by atoms with Crippen LogP contribution in [0.3, 0.4) is 0 Å². The lowest BCUT2D eigenvalue weighted by Gasteiger charge is -2.29. The van der Waals surface area contributed by atoms with E-state index in [9.17, 15) is 0 Å². The number of rotatable bonds is 1. The van der Waals surface area contributed by atoms with Gasteiger partial charge >= 0.3 is 0 Å². The number of hydrogen-bond donors (Lipinski definition) is 1. The van der Waals surface area contributed by atoms with Crippen molar-refractivity contribution >= 4 is 33.2 Å². The summed E-state index contributed by atoms with van der Waals surface area (Å²) in [5.74, 6) is 0.414. The van der Waals surface area contributed by atoms with Gasteiger partial charge in [-0.05, 0) is 29.8 Å². The molecule has 2 aliphatic rings. The first-order valence-corrected chi connectivity index (χ1v) is 9.14. The van der Waals surface area contributed by atoms with Crippen molar-refractivity contribution in [3.63, 3.8) is 0 Å². The smallest absolute Gasteiger partial charge is 0.0629 e. The fourth-order valence-corrected chi connectivity index (χ4v) is 4.65. The molecule has 0 fully saturated rings. The molecule has 2 atom stereocenters. The van der Waals surface area contributed by atoms with Crippen LogP contribution in [0.5, 0.6) is 0 Å². The number of para-hydroxylation sites is 2. The molecule has 0 spiro atoms. The average Bonchev–Trinajstić information content (AvgIpc) is 3.24. The Morgan fingerprint density at radius 2 is 1.46 bits per heavy atom. The van der Waals surface area contributed by atoms with Gasteiger partial charge in [-0.15, -0.1) is 0 Å². The standard InChI is InChI=1S/C24H18N2/c1-4-11-19-18(10-1)24-20(25-19)12-7-15-23(24)26-21-13-5-2-8-16(21)17-9-3-6-14-22(17)26/h1-16,21,25H. The molecule has 26 heavy (non-hydrogen) atoms. The number of anilines is 2. The first kappa shape index (κ1) is 14.0. The minimum atomic E-state index is 0.330. The summed E-state index contributed by atoms with van der Waals surface area (Å²) in [5.41, 5.74) is 6.39. The third-order valence-corrected chi connectivity index (χ3v) is 5.73. The highest BCUT2D eigenvalue weighted by Gasteiger charge is 2.37. The zero-order valence-corrected chi connectivity index (χ0v) is 14.3. The summed E-state index contributed by atoms with van der Waals surface area (Å²) in [6.45, 7) is 0. The molecule has 0 bridgehead atoms. The Kier molecular flexibility index (Phi) is 2.75. The van der Waals surface area contributed by atoms with Gasteiger partial charge in [-0.25, -0.2) is 0 Å². The summed E-state index contributed by atoms with van der Waals surface area (Å²) < 4.78 is 0. The molecule has 0 amide bonds. The summed E-state index contributed by atoms with van der Waals surface area (Å²) in [6, 6.07) is 24.3. The molecule has 124 valence electrons. The molecule has 2 nitrogen and oxygen atoms in total. The van der Waals surface area contributed by atoms with E-state index < -0.39 is 0 Å². The summed E-state index contributed by atoms with van der Waals surface area (Å²) in [4.78, 5) is 6.10. The van der Waals surface area contributed by atoms with E-state index in [0.29, 0.717) is 12.0 Å². The number of allylic oxidation sites excluding steroid dienone is 2. The van der Waals surface area contributed by atoms with Crippen LogP contribution in [-0.2, 0) is 0 Å². The van der Waals surface area contributed by atoms with Crippen LogP contribution in [0.25, 0.3) is 21.8 Å². The highest BCUT2D eigenvalue weighted by Crippen LogP contribution is 2.49. The maximum absolute atomic E-state index is 3.58. The summed E-state index contributed by atoms with van der Waals surface area (Å²) in [5, 5.41) is 2.59. The number of nitrogens with one attached hydrogen (secondary N) is 1. The molecule has 0 saturated heterocycles. The molecule has 6 rings (SSSR count). The number of hydrogen-bond acceptors (Lipinski definition) is 1. The molecule has 0 radical (unpaired) electrons. The van der Waals surface area contributed by atoms with E-state index in [0.717, 1.165) is 0 Å². The van der Waals surface area contributed by atoms with Crippen molar-refractivity contribution in [1.82, 2.24) is 4.98 Å². The van der Waals surface area contributed by atoms with Crippen molar-refractivity contribution in [3.8, 4) is 0 Å². The Bertz CT molecular complexity index is 1210. The van der Waals surface area contributed by atoms with Crippen LogP contribution < -0.4 is 4.90 Å². The van der Waals surface area contributed by atoms with E-state index in [1.54, 1.807) is 0 Å². The zero-order valence-electron chi connectivity index (χ0n) is 14.3. The van der Waals surface area contributed by atoms with Gasteiger partial charge in [0.15, 0.2) is 0 Å². The van der Waals surface area contributed by atoms with Crippen molar-refractivity contribution in [2.24, 2.45) is 0 Å². The highest BCUT2D eigenvalue weighted by atomic mass is 15.2. The lowest BCUT2D eigenvalue weighted by atomic mass is 9.91. The predicted molar refractivity (Wildman–Crippen MR) is 109 cm³/mol. The first-order chi connectivity index (χ1) is 12.9. The van der Waals surface area contributed by atoms with Gasteiger partial charge in [0, 0.05) is 33.4 Å². The van der Waals surface area contributed by atoms with E-state index in [1.165, 1.54) is 38.7 Å². The molecule has 2 heteroatoms. The molecule has 2 heterocycles. The van der Waals surface area contributed by atoms with Crippen LogP contribution in [0.2, 0.25) is 0 Å². The molecule has 4 aromatic rings. The largest absolute Gasteiger partial charge is 0.354 e. The molecule has 1 aliphatic heterocycles. The molecule has 2 unspecified atom stereocenters. The number of aromatic amines is 1. The number of benzene rings is 3. The Morgan fingerprint density at radius 3 is 2.46 bits per heavy atom. The van der Waals surface area contributed by atoms with Crippen LogP contribution in [0, 0.1) is 0 Å². The van der Waals surface area contributed by atoms with Gasteiger partial charge < -0.3 is 9.88 Å². The van der Waals surface area contributed by atoms with Crippen molar-refractivity contribution < 1.29 is 0 Å². The molecule has 0 saturated carbocycles. The Hall–Kier alpha value is -3.26. The molecular weight excluding hydrogens is 316 g/mol. The average molecular weight is 334 g/mol.